The van der Waals surface area contributed by atoms with Crippen LogP contribution in [0, 0.1) is 0 Å². The van der Waals surface area contributed by atoms with Gasteiger partial charge in [0, 0.05) is 11.3 Å². The molecule has 0 aliphatic rings. The molecule has 0 saturated heterocycles. The molecule has 6 heteroatoms. The molecule has 0 unspecified atom stereocenters. The second kappa shape index (κ2) is 5.63. The molecule has 0 bridgehead atoms. The Hall–Kier alpha value is -2.53. The quantitative estimate of drug-likeness (QED) is 0.758. The van der Waals surface area contributed by atoms with E-state index in [-0.39, 0.29) is 5.56 Å². The minimum atomic E-state index is -1.06. The summed E-state index contributed by atoms with van der Waals surface area (Å²) in [6.07, 6.45) is 0. The Kier molecular flexibility index (Phi) is 3.91. The fourth-order valence-corrected chi connectivity index (χ4v) is 1.74. The van der Waals surface area contributed by atoms with E-state index >= 15 is 0 Å². The van der Waals surface area contributed by atoms with Crippen molar-refractivity contribution in [2.75, 3.05) is 11.1 Å². The number of carboxylic acids is 1. The van der Waals surface area contributed by atoms with Crippen molar-refractivity contribution in [3.05, 3.63) is 58.6 Å². The van der Waals surface area contributed by atoms with Crippen LogP contribution in [0.15, 0.2) is 42.5 Å². The van der Waals surface area contributed by atoms with E-state index in [1.165, 1.54) is 30.3 Å². The fraction of sp³-hybridized carbons (Fsp3) is 0. The van der Waals surface area contributed by atoms with Gasteiger partial charge in [-0.25, -0.2) is 4.79 Å². The van der Waals surface area contributed by atoms with Crippen LogP contribution in [0.25, 0.3) is 0 Å². The Labute approximate surface area is 120 Å². The van der Waals surface area contributed by atoms with Crippen LogP contribution in [0.3, 0.4) is 0 Å². The smallest absolute Gasteiger partial charge is 0.335 e. The van der Waals surface area contributed by atoms with Gasteiger partial charge in [-0.1, -0.05) is 17.7 Å². The van der Waals surface area contributed by atoms with Gasteiger partial charge < -0.3 is 16.2 Å². The largest absolute Gasteiger partial charge is 0.478 e. The SMILES string of the molecule is Nc1cc(C(=O)Nc2cccc(C(=O)O)c2)ccc1Cl. The molecule has 4 N–H and O–H groups in total. The highest BCUT2D eigenvalue weighted by Crippen LogP contribution is 2.20. The lowest BCUT2D eigenvalue weighted by Crippen LogP contribution is -2.12. The molecule has 102 valence electrons. The number of carboxylic acid groups (broad SMARTS) is 1. The lowest BCUT2D eigenvalue weighted by atomic mass is 10.1. The summed E-state index contributed by atoms with van der Waals surface area (Å²) in [5.41, 5.74) is 6.76. The first kappa shape index (κ1) is 13.9. The Bertz CT molecular complexity index is 686. The summed E-state index contributed by atoms with van der Waals surface area (Å²) in [7, 11) is 0. The van der Waals surface area contributed by atoms with Gasteiger partial charge in [0.1, 0.15) is 0 Å². The number of rotatable bonds is 3. The zero-order chi connectivity index (χ0) is 14.7. The first-order chi connectivity index (χ1) is 9.47. The third-order valence-corrected chi connectivity index (χ3v) is 2.97. The van der Waals surface area contributed by atoms with Crippen molar-refractivity contribution in [3.63, 3.8) is 0 Å². The monoisotopic (exact) mass is 290 g/mol. The number of hydrogen-bond acceptors (Lipinski definition) is 3. The summed E-state index contributed by atoms with van der Waals surface area (Å²) < 4.78 is 0. The van der Waals surface area contributed by atoms with Gasteiger partial charge in [0.2, 0.25) is 0 Å². The average molecular weight is 291 g/mol. The summed E-state index contributed by atoms with van der Waals surface area (Å²) >= 11 is 5.78. The number of nitrogen functional groups attached to an aromatic ring is 1. The van der Waals surface area contributed by atoms with Crippen LogP contribution < -0.4 is 11.1 Å². The molecule has 2 rings (SSSR count). The van der Waals surface area contributed by atoms with Crippen molar-refractivity contribution < 1.29 is 14.7 Å². The Morgan fingerprint density at radius 1 is 1.10 bits per heavy atom. The van der Waals surface area contributed by atoms with E-state index in [1.807, 2.05) is 0 Å². The minimum absolute atomic E-state index is 0.0958. The molecular formula is C14H11ClN2O3. The van der Waals surface area contributed by atoms with Crippen LogP contribution >= 0.6 is 11.6 Å². The number of carbonyl (C=O) groups excluding carboxylic acids is 1. The molecule has 0 aliphatic heterocycles. The van der Waals surface area contributed by atoms with Gasteiger partial charge in [-0.3, -0.25) is 4.79 Å². The van der Waals surface area contributed by atoms with E-state index < -0.39 is 11.9 Å². The molecule has 20 heavy (non-hydrogen) atoms. The summed E-state index contributed by atoms with van der Waals surface area (Å²) in [5.74, 6) is -1.45. The summed E-state index contributed by atoms with van der Waals surface area (Å²) in [6, 6.07) is 10.5. The molecule has 2 aromatic carbocycles. The number of nitrogens with two attached hydrogens (primary N) is 1. The predicted molar refractivity (Wildman–Crippen MR) is 77.2 cm³/mol. The Morgan fingerprint density at radius 3 is 2.50 bits per heavy atom. The molecule has 0 spiro atoms. The highest BCUT2D eigenvalue weighted by molar-refractivity contribution is 6.33. The van der Waals surface area contributed by atoms with Gasteiger partial charge in [-0.2, -0.15) is 0 Å². The molecule has 0 radical (unpaired) electrons. The molecule has 0 aliphatic carbocycles. The van der Waals surface area contributed by atoms with E-state index in [1.54, 1.807) is 12.1 Å². The van der Waals surface area contributed by atoms with Crippen molar-refractivity contribution >= 4 is 34.9 Å². The van der Waals surface area contributed by atoms with Crippen LogP contribution in [-0.4, -0.2) is 17.0 Å². The molecule has 0 saturated carbocycles. The number of aromatic carboxylic acids is 1. The normalized spacial score (nSPS) is 10.1. The Morgan fingerprint density at radius 2 is 1.85 bits per heavy atom. The van der Waals surface area contributed by atoms with Gasteiger partial charge >= 0.3 is 5.97 Å². The van der Waals surface area contributed by atoms with Gasteiger partial charge in [0.15, 0.2) is 0 Å². The first-order valence-electron chi connectivity index (χ1n) is 5.67. The standard InChI is InChI=1S/C14H11ClN2O3/c15-11-5-4-8(7-12(11)16)13(18)17-10-3-1-2-9(6-10)14(19)20/h1-7H,16H2,(H,17,18)(H,19,20). The number of hydrogen-bond donors (Lipinski definition) is 3. The molecule has 5 nitrogen and oxygen atoms in total. The van der Waals surface area contributed by atoms with E-state index in [9.17, 15) is 9.59 Å². The number of anilines is 2. The molecular weight excluding hydrogens is 280 g/mol. The van der Waals surface area contributed by atoms with Crippen LogP contribution in [0.2, 0.25) is 5.02 Å². The van der Waals surface area contributed by atoms with Crippen molar-refractivity contribution in [1.82, 2.24) is 0 Å². The Balaban J connectivity index is 2.21. The molecule has 0 aromatic heterocycles. The molecule has 0 atom stereocenters. The maximum atomic E-state index is 12.0. The van der Waals surface area contributed by atoms with Crippen LogP contribution in [-0.2, 0) is 0 Å². The average Bonchev–Trinajstić information content (AvgIpc) is 2.42. The topological polar surface area (TPSA) is 92.4 Å². The summed E-state index contributed by atoms with van der Waals surface area (Å²) in [6.45, 7) is 0. The summed E-state index contributed by atoms with van der Waals surface area (Å²) in [4.78, 5) is 22.8. The third kappa shape index (κ3) is 3.07. The zero-order valence-electron chi connectivity index (χ0n) is 10.3. The number of amides is 1. The highest BCUT2D eigenvalue weighted by Gasteiger charge is 2.09. The summed E-state index contributed by atoms with van der Waals surface area (Å²) in [5, 5.41) is 11.9. The molecule has 2 aromatic rings. The number of benzene rings is 2. The highest BCUT2D eigenvalue weighted by atomic mass is 35.5. The second-order valence-corrected chi connectivity index (χ2v) is 4.48. The predicted octanol–water partition coefficient (Wildman–Crippen LogP) is 2.87. The van der Waals surface area contributed by atoms with E-state index in [4.69, 9.17) is 22.4 Å². The van der Waals surface area contributed by atoms with Crippen molar-refractivity contribution in [2.45, 2.75) is 0 Å². The van der Waals surface area contributed by atoms with Gasteiger partial charge in [-0.15, -0.1) is 0 Å². The van der Waals surface area contributed by atoms with Gasteiger partial charge in [0.25, 0.3) is 5.91 Å². The lowest BCUT2D eigenvalue weighted by Gasteiger charge is -2.07. The molecule has 0 heterocycles. The van der Waals surface area contributed by atoms with Crippen molar-refractivity contribution in [2.24, 2.45) is 0 Å². The van der Waals surface area contributed by atoms with Crippen molar-refractivity contribution in [3.8, 4) is 0 Å². The first-order valence-corrected chi connectivity index (χ1v) is 6.05. The molecule has 0 fully saturated rings. The number of nitrogens with one attached hydrogen (secondary N) is 1. The van der Waals surface area contributed by atoms with Gasteiger partial charge in [-0.05, 0) is 36.4 Å². The van der Waals surface area contributed by atoms with E-state index in [0.29, 0.717) is 22.0 Å². The minimum Gasteiger partial charge on any atom is -0.478 e. The van der Waals surface area contributed by atoms with E-state index in [0.717, 1.165) is 0 Å². The molecule has 1 amide bonds. The van der Waals surface area contributed by atoms with Gasteiger partial charge in [0.05, 0.1) is 16.3 Å². The zero-order valence-corrected chi connectivity index (χ0v) is 11.0. The van der Waals surface area contributed by atoms with Crippen LogP contribution in [0.5, 0.6) is 0 Å². The lowest BCUT2D eigenvalue weighted by molar-refractivity contribution is 0.0696. The maximum Gasteiger partial charge on any atom is 0.335 e. The van der Waals surface area contributed by atoms with E-state index in [2.05, 4.69) is 5.32 Å². The maximum absolute atomic E-state index is 12.0. The van der Waals surface area contributed by atoms with Crippen LogP contribution in [0.1, 0.15) is 20.7 Å². The van der Waals surface area contributed by atoms with Crippen LogP contribution in [0.4, 0.5) is 11.4 Å². The number of halogens is 1. The number of carbonyl (C=O) groups is 2. The third-order valence-electron chi connectivity index (χ3n) is 2.63. The fourth-order valence-electron chi connectivity index (χ4n) is 1.62. The van der Waals surface area contributed by atoms with Crippen molar-refractivity contribution in [1.29, 1.82) is 0 Å². The second-order valence-electron chi connectivity index (χ2n) is 4.08.